The summed E-state index contributed by atoms with van der Waals surface area (Å²) in [5, 5.41) is 14.5. The average molecular weight is 285 g/mol. The molecule has 0 spiro atoms. The standard InChI is InChI=1S/C11H13ClN4O3/c12-7-1-2-8(16(18)19)9(5-7)15-4-3-14-6-10(15)11(13)17/h1-2,5,10,14H,3-4,6H2,(H2,13,17). The molecule has 1 amide bonds. The molecule has 1 fully saturated rings. The molecule has 0 saturated carbocycles. The van der Waals surface area contributed by atoms with Crippen molar-refractivity contribution < 1.29 is 9.72 Å². The number of nitro benzene ring substituents is 1. The Hall–Kier alpha value is -1.86. The van der Waals surface area contributed by atoms with Gasteiger partial charge in [-0.3, -0.25) is 14.9 Å². The zero-order chi connectivity index (χ0) is 14.0. The number of piperazine rings is 1. The highest BCUT2D eigenvalue weighted by Crippen LogP contribution is 2.32. The van der Waals surface area contributed by atoms with Gasteiger partial charge in [0, 0.05) is 30.7 Å². The van der Waals surface area contributed by atoms with Crippen molar-refractivity contribution in [1.82, 2.24) is 5.32 Å². The van der Waals surface area contributed by atoms with E-state index in [2.05, 4.69) is 5.32 Å². The second-order valence-corrected chi connectivity index (χ2v) is 4.64. The van der Waals surface area contributed by atoms with Crippen LogP contribution in [0.4, 0.5) is 11.4 Å². The number of nitrogens with zero attached hydrogens (tertiary/aromatic N) is 2. The third-order valence-electron chi connectivity index (χ3n) is 3.02. The lowest BCUT2D eigenvalue weighted by molar-refractivity contribution is -0.384. The molecule has 1 aliphatic heterocycles. The molecule has 1 saturated heterocycles. The molecule has 1 atom stereocenters. The van der Waals surface area contributed by atoms with Crippen molar-refractivity contribution in [3.05, 3.63) is 33.3 Å². The Bertz CT molecular complexity index is 523. The van der Waals surface area contributed by atoms with E-state index >= 15 is 0 Å². The minimum Gasteiger partial charge on any atom is -0.368 e. The van der Waals surface area contributed by atoms with Crippen LogP contribution in [-0.2, 0) is 4.79 Å². The number of rotatable bonds is 3. The van der Waals surface area contributed by atoms with Gasteiger partial charge in [-0.25, -0.2) is 0 Å². The summed E-state index contributed by atoms with van der Waals surface area (Å²) in [7, 11) is 0. The Morgan fingerprint density at radius 2 is 2.32 bits per heavy atom. The molecule has 0 aliphatic carbocycles. The van der Waals surface area contributed by atoms with Gasteiger partial charge in [0.25, 0.3) is 5.69 Å². The van der Waals surface area contributed by atoms with E-state index in [9.17, 15) is 14.9 Å². The number of amides is 1. The first kappa shape index (κ1) is 13.6. The summed E-state index contributed by atoms with van der Waals surface area (Å²) in [6, 6.07) is 3.65. The van der Waals surface area contributed by atoms with Crippen LogP contribution in [0, 0.1) is 10.1 Å². The Balaban J connectivity index is 2.46. The highest BCUT2D eigenvalue weighted by Gasteiger charge is 2.31. The summed E-state index contributed by atoms with van der Waals surface area (Å²) in [6.07, 6.45) is 0. The van der Waals surface area contributed by atoms with Crippen LogP contribution < -0.4 is 16.0 Å². The van der Waals surface area contributed by atoms with E-state index in [-0.39, 0.29) is 5.69 Å². The van der Waals surface area contributed by atoms with Gasteiger partial charge in [0.05, 0.1) is 4.92 Å². The number of hydrogen-bond donors (Lipinski definition) is 2. The van der Waals surface area contributed by atoms with Crippen LogP contribution >= 0.6 is 11.6 Å². The van der Waals surface area contributed by atoms with Crippen LogP contribution in [0.1, 0.15) is 0 Å². The number of hydrogen-bond acceptors (Lipinski definition) is 5. The van der Waals surface area contributed by atoms with E-state index in [1.165, 1.54) is 18.2 Å². The molecular formula is C11H13ClN4O3. The highest BCUT2D eigenvalue weighted by molar-refractivity contribution is 6.31. The maximum absolute atomic E-state index is 11.4. The van der Waals surface area contributed by atoms with Gasteiger partial charge in [0.2, 0.25) is 5.91 Å². The largest absolute Gasteiger partial charge is 0.368 e. The monoisotopic (exact) mass is 284 g/mol. The third kappa shape index (κ3) is 2.77. The van der Waals surface area contributed by atoms with E-state index in [1.807, 2.05) is 0 Å². The van der Waals surface area contributed by atoms with Crippen molar-refractivity contribution in [2.75, 3.05) is 24.5 Å². The van der Waals surface area contributed by atoms with Gasteiger partial charge < -0.3 is 16.0 Å². The summed E-state index contributed by atoms with van der Waals surface area (Å²) in [6.45, 7) is 1.43. The van der Waals surface area contributed by atoms with Gasteiger partial charge >= 0.3 is 0 Å². The van der Waals surface area contributed by atoms with E-state index in [1.54, 1.807) is 4.90 Å². The first-order valence-corrected chi connectivity index (χ1v) is 6.09. The van der Waals surface area contributed by atoms with Gasteiger partial charge in [0.15, 0.2) is 0 Å². The maximum atomic E-state index is 11.4. The van der Waals surface area contributed by atoms with Gasteiger partial charge in [-0.05, 0) is 12.1 Å². The number of nitrogens with one attached hydrogen (secondary N) is 1. The number of carbonyl (C=O) groups is 1. The smallest absolute Gasteiger partial charge is 0.292 e. The number of primary amides is 1. The molecule has 1 aromatic carbocycles. The molecule has 7 nitrogen and oxygen atoms in total. The molecule has 19 heavy (non-hydrogen) atoms. The third-order valence-corrected chi connectivity index (χ3v) is 3.25. The van der Waals surface area contributed by atoms with Crippen molar-refractivity contribution in [3.8, 4) is 0 Å². The molecule has 2 rings (SSSR count). The minimum atomic E-state index is -0.620. The van der Waals surface area contributed by atoms with Gasteiger partial charge in [-0.1, -0.05) is 11.6 Å². The Kier molecular flexibility index (Phi) is 3.87. The van der Waals surface area contributed by atoms with Crippen molar-refractivity contribution in [2.45, 2.75) is 6.04 Å². The van der Waals surface area contributed by atoms with E-state index in [4.69, 9.17) is 17.3 Å². The number of anilines is 1. The molecule has 0 radical (unpaired) electrons. The molecule has 1 unspecified atom stereocenters. The molecule has 1 aromatic rings. The topological polar surface area (TPSA) is 102 Å². The number of halogens is 1. The fourth-order valence-electron chi connectivity index (χ4n) is 2.13. The molecule has 0 aromatic heterocycles. The highest BCUT2D eigenvalue weighted by atomic mass is 35.5. The fourth-order valence-corrected chi connectivity index (χ4v) is 2.29. The second kappa shape index (κ2) is 5.41. The SMILES string of the molecule is NC(=O)C1CNCCN1c1cc(Cl)ccc1[N+](=O)[O-]. The molecule has 102 valence electrons. The average Bonchev–Trinajstić information content (AvgIpc) is 2.38. The van der Waals surface area contributed by atoms with Crippen LogP contribution in [0.25, 0.3) is 0 Å². The summed E-state index contributed by atoms with van der Waals surface area (Å²) < 4.78 is 0. The van der Waals surface area contributed by atoms with Crippen LogP contribution in [0.5, 0.6) is 0 Å². The minimum absolute atomic E-state index is 0.0856. The zero-order valence-corrected chi connectivity index (χ0v) is 10.8. The Morgan fingerprint density at radius 1 is 1.58 bits per heavy atom. The van der Waals surface area contributed by atoms with Crippen LogP contribution in [0.2, 0.25) is 5.02 Å². The van der Waals surface area contributed by atoms with E-state index in [0.717, 1.165) is 0 Å². The van der Waals surface area contributed by atoms with E-state index in [0.29, 0.717) is 30.3 Å². The second-order valence-electron chi connectivity index (χ2n) is 4.21. The predicted molar refractivity (Wildman–Crippen MR) is 71.3 cm³/mol. The molecule has 0 bridgehead atoms. The first-order chi connectivity index (χ1) is 9.00. The van der Waals surface area contributed by atoms with Crippen molar-refractivity contribution in [1.29, 1.82) is 0 Å². The van der Waals surface area contributed by atoms with Gasteiger partial charge in [-0.2, -0.15) is 0 Å². The summed E-state index contributed by atoms with van der Waals surface area (Å²) in [4.78, 5) is 23.6. The number of nitro groups is 1. The molecule has 1 aliphatic rings. The van der Waals surface area contributed by atoms with Crippen LogP contribution in [-0.4, -0.2) is 36.5 Å². The first-order valence-electron chi connectivity index (χ1n) is 5.71. The number of benzene rings is 1. The predicted octanol–water partition coefficient (Wildman–Crippen LogP) is 0.512. The van der Waals surface area contributed by atoms with Gasteiger partial charge in [0.1, 0.15) is 11.7 Å². The molecule has 8 heteroatoms. The van der Waals surface area contributed by atoms with Crippen LogP contribution in [0.3, 0.4) is 0 Å². The van der Waals surface area contributed by atoms with Crippen molar-refractivity contribution >= 4 is 28.9 Å². The normalized spacial score (nSPS) is 19.2. The summed E-state index contributed by atoms with van der Waals surface area (Å²) >= 11 is 5.89. The number of carbonyl (C=O) groups excluding carboxylic acids is 1. The van der Waals surface area contributed by atoms with E-state index < -0.39 is 16.9 Å². The summed E-state index contributed by atoms with van der Waals surface area (Å²) in [5.74, 6) is -0.526. The fraction of sp³-hybridized carbons (Fsp3) is 0.364. The maximum Gasteiger partial charge on any atom is 0.292 e. The van der Waals surface area contributed by atoms with Crippen molar-refractivity contribution in [3.63, 3.8) is 0 Å². The Labute approximate surface area is 114 Å². The lowest BCUT2D eigenvalue weighted by Gasteiger charge is -2.35. The van der Waals surface area contributed by atoms with Gasteiger partial charge in [-0.15, -0.1) is 0 Å². The Morgan fingerprint density at radius 3 is 2.95 bits per heavy atom. The molecule has 3 N–H and O–H groups in total. The lowest BCUT2D eigenvalue weighted by atomic mass is 10.1. The van der Waals surface area contributed by atoms with Crippen molar-refractivity contribution in [2.24, 2.45) is 5.73 Å². The molecule has 1 heterocycles. The quantitative estimate of drug-likeness (QED) is 0.622. The zero-order valence-electron chi connectivity index (χ0n) is 10.0. The van der Waals surface area contributed by atoms with Crippen LogP contribution in [0.15, 0.2) is 18.2 Å². The molecular weight excluding hydrogens is 272 g/mol. The lowest BCUT2D eigenvalue weighted by Crippen LogP contribution is -2.57. The number of nitrogens with two attached hydrogens (primary N) is 1. The summed E-state index contributed by atoms with van der Waals surface area (Å²) in [5.41, 5.74) is 5.57.